The molecule has 1 aliphatic heterocycles. The van der Waals surface area contributed by atoms with Gasteiger partial charge in [-0.3, -0.25) is 9.59 Å². The Bertz CT molecular complexity index is 699. The lowest BCUT2D eigenvalue weighted by Crippen LogP contribution is -2.19. The summed E-state index contributed by atoms with van der Waals surface area (Å²) in [4.78, 5) is 23.9. The molecule has 1 N–H and O–H groups in total. The molecular weight excluding hydrogens is 290 g/mol. The third-order valence-electron chi connectivity index (χ3n) is 4.87. The molecule has 0 unspecified atom stereocenters. The molecule has 0 radical (unpaired) electrons. The molecule has 1 heterocycles. The summed E-state index contributed by atoms with van der Waals surface area (Å²) in [5.74, 6) is 0.581. The summed E-state index contributed by atoms with van der Waals surface area (Å²) in [7, 11) is 0. The van der Waals surface area contributed by atoms with Crippen LogP contribution in [0, 0.1) is 17.3 Å². The Kier molecular flexibility index (Phi) is 3.78. The summed E-state index contributed by atoms with van der Waals surface area (Å²) in [6.07, 6.45) is 3.32. The van der Waals surface area contributed by atoms with Crippen LogP contribution in [0.4, 0.5) is 5.69 Å². The fourth-order valence-electron chi connectivity index (χ4n) is 3.40. The molecule has 0 bridgehead atoms. The van der Waals surface area contributed by atoms with E-state index in [-0.39, 0.29) is 29.1 Å². The number of nitrogens with one attached hydrogen (secondary N) is 1. The summed E-state index contributed by atoms with van der Waals surface area (Å²) in [5, 5.41) is 2.83. The largest absolute Gasteiger partial charge is 0.426 e. The van der Waals surface area contributed by atoms with Gasteiger partial charge in [0, 0.05) is 12.1 Å². The van der Waals surface area contributed by atoms with Gasteiger partial charge < -0.3 is 10.1 Å². The van der Waals surface area contributed by atoms with Crippen molar-refractivity contribution in [3.63, 3.8) is 0 Å². The molecule has 4 nitrogen and oxygen atoms in total. The molecule has 2 atom stereocenters. The minimum atomic E-state index is -0.169. The molecular formula is C19H23NO3. The number of carbonyl (C=O) groups excluding carboxylic acids is 2. The molecule has 1 aromatic rings. The first-order valence-electron chi connectivity index (χ1n) is 8.08. The Balaban J connectivity index is 1.72. The number of hydrogen-bond donors (Lipinski definition) is 1. The van der Waals surface area contributed by atoms with E-state index in [0.717, 1.165) is 11.3 Å². The predicted octanol–water partition coefficient (Wildman–Crippen LogP) is 3.72. The maximum absolute atomic E-state index is 12.5. The number of amides is 1. The minimum Gasteiger partial charge on any atom is -0.426 e. The maximum Gasteiger partial charge on any atom is 0.315 e. The van der Waals surface area contributed by atoms with Crippen LogP contribution in [-0.4, -0.2) is 11.9 Å². The molecule has 122 valence electrons. The van der Waals surface area contributed by atoms with Gasteiger partial charge >= 0.3 is 5.97 Å². The van der Waals surface area contributed by atoms with Crippen molar-refractivity contribution in [3.8, 4) is 5.75 Å². The second-order valence-corrected chi connectivity index (χ2v) is 7.36. The summed E-state index contributed by atoms with van der Waals surface area (Å²) in [6, 6.07) is 5.41. The van der Waals surface area contributed by atoms with E-state index in [1.807, 2.05) is 6.07 Å². The van der Waals surface area contributed by atoms with Gasteiger partial charge in [-0.15, -0.1) is 0 Å². The summed E-state index contributed by atoms with van der Waals surface area (Å²) >= 11 is 0. The highest BCUT2D eigenvalue weighted by atomic mass is 16.5. The average molecular weight is 313 g/mol. The SMILES string of the molecule is CC(C)=C[C@@H]1[C@@H](C(=O)Oc2ccc3c(c2)CCC(=O)N3)C1(C)C. The molecule has 1 saturated carbocycles. The Morgan fingerprint density at radius 2 is 2.04 bits per heavy atom. The quantitative estimate of drug-likeness (QED) is 0.526. The number of ether oxygens (including phenoxy) is 1. The van der Waals surface area contributed by atoms with Gasteiger partial charge in [0.05, 0.1) is 5.92 Å². The van der Waals surface area contributed by atoms with Crippen molar-refractivity contribution >= 4 is 17.6 Å². The number of anilines is 1. The fraction of sp³-hybridized carbons (Fsp3) is 0.474. The molecule has 1 amide bonds. The molecule has 3 rings (SSSR count). The minimum absolute atomic E-state index is 0.0338. The van der Waals surface area contributed by atoms with Crippen LogP contribution in [0.3, 0.4) is 0 Å². The first-order valence-corrected chi connectivity index (χ1v) is 8.08. The van der Waals surface area contributed by atoms with Gasteiger partial charge in [-0.05, 0) is 55.4 Å². The molecule has 4 heteroatoms. The summed E-state index contributed by atoms with van der Waals surface area (Å²) in [6.45, 7) is 8.31. The number of hydrogen-bond acceptors (Lipinski definition) is 3. The van der Waals surface area contributed by atoms with Crippen molar-refractivity contribution in [3.05, 3.63) is 35.4 Å². The highest BCUT2D eigenvalue weighted by Crippen LogP contribution is 2.59. The van der Waals surface area contributed by atoms with Crippen LogP contribution in [0.5, 0.6) is 5.75 Å². The summed E-state index contributed by atoms with van der Waals surface area (Å²) in [5.41, 5.74) is 3.01. The monoisotopic (exact) mass is 313 g/mol. The maximum atomic E-state index is 12.5. The van der Waals surface area contributed by atoms with Gasteiger partial charge in [0.1, 0.15) is 5.75 Å². The first kappa shape index (κ1) is 15.8. The summed E-state index contributed by atoms with van der Waals surface area (Å²) < 4.78 is 5.60. The molecule has 0 spiro atoms. The van der Waals surface area contributed by atoms with Crippen molar-refractivity contribution in [2.24, 2.45) is 17.3 Å². The predicted molar refractivity (Wildman–Crippen MR) is 89.2 cm³/mol. The number of benzene rings is 1. The van der Waals surface area contributed by atoms with E-state index in [2.05, 4.69) is 39.1 Å². The second-order valence-electron chi connectivity index (χ2n) is 7.36. The van der Waals surface area contributed by atoms with Crippen molar-refractivity contribution in [2.75, 3.05) is 5.32 Å². The van der Waals surface area contributed by atoms with Crippen LogP contribution in [-0.2, 0) is 16.0 Å². The zero-order valence-electron chi connectivity index (χ0n) is 14.1. The zero-order chi connectivity index (χ0) is 16.8. The van der Waals surface area contributed by atoms with Gasteiger partial charge in [0.25, 0.3) is 0 Å². The Morgan fingerprint density at radius 3 is 2.74 bits per heavy atom. The number of fused-ring (bicyclic) bond motifs is 1. The van der Waals surface area contributed by atoms with E-state index >= 15 is 0 Å². The molecule has 0 aromatic heterocycles. The van der Waals surface area contributed by atoms with Gasteiger partial charge in [0.15, 0.2) is 0 Å². The third-order valence-corrected chi connectivity index (χ3v) is 4.87. The van der Waals surface area contributed by atoms with E-state index in [4.69, 9.17) is 4.74 Å². The van der Waals surface area contributed by atoms with Crippen LogP contribution in [0.25, 0.3) is 0 Å². The number of rotatable bonds is 3. The molecule has 1 aromatic carbocycles. The van der Waals surface area contributed by atoms with E-state index in [1.54, 1.807) is 12.1 Å². The lowest BCUT2D eigenvalue weighted by Gasteiger charge is -2.17. The lowest BCUT2D eigenvalue weighted by molar-refractivity contribution is -0.136. The highest BCUT2D eigenvalue weighted by Gasteiger charge is 2.61. The number of allylic oxidation sites excluding steroid dienone is 2. The third kappa shape index (κ3) is 3.03. The molecule has 0 saturated heterocycles. The van der Waals surface area contributed by atoms with Crippen LogP contribution in [0.15, 0.2) is 29.8 Å². The lowest BCUT2D eigenvalue weighted by atomic mass is 10.0. The fourth-order valence-corrected chi connectivity index (χ4v) is 3.40. The van der Waals surface area contributed by atoms with Crippen LogP contribution in [0.2, 0.25) is 0 Å². The van der Waals surface area contributed by atoms with Crippen LogP contribution >= 0.6 is 0 Å². The van der Waals surface area contributed by atoms with Crippen molar-refractivity contribution < 1.29 is 14.3 Å². The molecule has 1 fully saturated rings. The average Bonchev–Trinajstić information content (AvgIpc) is 2.99. The Labute approximate surface area is 136 Å². The van der Waals surface area contributed by atoms with Gasteiger partial charge in [-0.2, -0.15) is 0 Å². The van der Waals surface area contributed by atoms with Crippen LogP contribution in [0.1, 0.15) is 39.7 Å². The number of esters is 1. The normalized spacial score (nSPS) is 24.3. The zero-order valence-corrected chi connectivity index (χ0v) is 14.1. The second kappa shape index (κ2) is 5.52. The number of carbonyl (C=O) groups is 2. The van der Waals surface area contributed by atoms with Gasteiger partial charge in [0.2, 0.25) is 5.91 Å². The van der Waals surface area contributed by atoms with E-state index in [9.17, 15) is 9.59 Å². The topological polar surface area (TPSA) is 55.4 Å². The standard InChI is InChI=1S/C19H23NO3/c1-11(2)9-14-17(19(14,3)4)18(22)23-13-6-7-15-12(10-13)5-8-16(21)20-15/h6-7,9-10,14,17H,5,8H2,1-4H3,(H,20,21)/t14-,17+/m1/s1. The van der Waals surface area contributed by atoms with Crippen LogP contribution < -0.4 is 10.1 Å². The Hall–Kier alpha value is -2.10. The van der Waals surface area contributed by atoms with Crippen molar-refractivity contribution in [1.29, 1.82) is 0 Å². The van der Waals surface area contributed by atoms with Gasteiger partial charge in [-0.1, -0.05) is 25.5 Å². The van der Waals surface area contributed by atoms with Crippen molar-refractivity contribution in [2.45, 2.75) is 40.5 Å². The van der Waals surface area contributed by atoms with Crippen molar-refractivity contribution in [1.82, 2.24) is 0 Å². The number of aryl methyl sites for hydroxylation is 1. The van der Waals surface area contributed by atoms with E-state index in [1.165, 1.54) is 5.57 Å². The van der Waals surface area contributed by atoms with E-state index < -0.39 is 0 Å². The molecule has 2 aliphatic rings. The first-order chi connectivity index (χ1) is 10.8. The van der Waals surface area contributed by atoms with E-state index in [0.29, 0.717) is 18.6 Å². The Morgan fingerprint density at radius 1 is 1.30 bits per heavy atom. The molecule has 23 heavy (non-hydrogen) atoms. The molecule has 1 aliphatic carbocycles. The highest BCUT2D eigenvalue weighted by molar-refractivity contribution is 5.94. The smallest absolute Gasteiger partial charge is 0.315 e. The van der Waals surface area contributed by atoms with Gasteiger partial charge in [-0.25, -0.2) is 0 Å².